The van der Waals surface area contributed by atoms with Crippen LogP contribution in [-0.2, 0) is 13.6 Å². The number of nitrogens with zero attached hydrogens (tertiary/aromatic N) is 2. The Morgan fingerprint density at radius 3 is 2.80 bits per heavy atom. The SMILES string of the molecule is CSc1cccc(NCc2nc3ccccc3n2C)c1. The lowest BCUT2D eigenvalue weighted by molar-refractivity contribution is 0.834. The summed E-state index contributed by atoms with van der Waals surface area (Å²) in [4.78, 5) is 5.93. The van der Waals surface area contributed by atoms with Crippen molar-refractivity contribution in [3.05, 3.63) is 54.4 Å². The molecule has 0 fully saturated rings. The second-order valence-corrected chi connectivity index (χ2v) is 5.54. The lowest BCUT2D eigenvalue weighted by atomic mass is 10.3. The Morgan fingerprint density at radius 2 is 2.00 bits per heavy atom. The lowest BCUT2D eigenvalue weighted by Crippen LogP contribution is -2.05. The molecule has 0 amide bonds. The first kappa shape index (κ1) is 13.1. The number of nitrogens with one attached hydrogen (secondary N) is 1. The molecule has 3 rings (SSSR count). The summed E-state index contributed by atoms with van der Waals surface area (Å²) in [5.74, 6) is 1.04. The van der Waals surface area contributed by atoms with Crippen LogP contribution in [0.25, 0.3) is 11.0 Å². The fourth-order valence-electron chi connectivity index (χ4n) is 2.27. The predicted molar refractivity (Wildman–Crippen MR) is 86.3 cm³/mol. The molecule has 20 heavy (non-hydrogen) atoms. The number of para-hydroxylation sites is 2. The van der Waals surface area contributed by atoms with Gasteiger partial charge in [-0.1, -0.05) is 18.2 Å². The van der Waals surface area contributed by atoms with E-state index < -0.39 is 0 Å². The maximum Gasteiger partial charge on any atom is 0.128 e. The van der Waals surface area contributed by atoms with E-state index in [0.717, 1.165) is 23.6 Å². The van der Waals surface area contributed by atoms with E-state index in [1.165, 1.54) is 10.4 Å². The van der Waals surface area contributed by atoms with Crippen LogP contribution in [0.15, 0.2) is 53.4 Å². The van der Waals surface area contributed by atoms with E-state index in [-0.39, 0.29) is 0 Å². The number of anilines is 1. The first-order chi connectivity index (χ1) is 9.78. The monoisotopic (exact) mass is 283 g/mol. The van der Waals surface area contributed by atoms with E-state index in [9.17, 15) is 0 Å². The molecule has 3 aromatic rings. The highest BCUT2D eigenvalue weighted by molar-refractivity contribution is 7.98. The van der Waals surface area contributed by atoms with Crippen LogP contribution in [0.2, 0.25) is 0 Å². The summed E-state index contributed by atoms with van der Waals surface area (Å²) in [6.45, 7) is 0.725. The zero-order chi connectivity index (χ0) is 13.9. The summed E-state index contributed by atoms with van der Waals surface area (Å²) < 4.78 is 2.14. The van der Waals surface area contributed by atoms with Crippen molar-refractivity contribution in [1.29, 1.82) is 0 Å². The Bertz CT molecular complexity index is 733. The third-order valence-electron chi connectivity index (χ3n) is 3.40. The first-order valence-corrected chi connectivity index (χ1v) is 7.78. The number of aryl methyl sites for hydroxylation is 1. The summed E-state index contributed by atoms with van der Waals surface area (Å²) in [6.07, 6.45) is 2.09. The van der Waals surface area contributed by atoms with Gasteiger partial charge in [-0.3, -0.25) is 0 Å². The average Bonchev–Trinajstić information content (AvgIpc) is 2.82. The second-order valence-electron chi connectivity index (χ2n) is 4.66. The standard InChI is InChI=1S/C16H17N3S/c1-19-15-9-4-3-8-14(15)18-16(19)11-17-12-6-5-7-13(10-12)20-2/h3-10,17H,11H2,1-2H3. The molecule has 1 aromatic heterocycles. The van der Waals surface area contributed by atoms with Gasteiger partial charge in [0.25, 0.3) is 0 Å². The van der Waals surface area contributed by atoms with Gasteiger partial charge in [-0.2, -0.15) is 0 Å². The van der Waals surface area contributed by atoms with Gasteiger partial charge in [0, 0.05) is 17.6 Å². The van der Waals surface area contributed by atoms with E-state index >= 15 is 0 Å². The Labute approximate surface area is 123 Å². The highest BCUT2D eigenvalue weighted by atomic mass is 32.2. The molecule has 0 aliphatic rings. The van der Waals surface area contributed by atoms with Crippen molar-refractivity contribution in [1.82, 2.24) is 9.55 Å². The Kier molecular flexibility index (Phi) is 3.65. The largest absolute Gasteiger partial charge is 0.378 e. The van der Waals surface area contributed by atoms with Crippen molar-refractivity contribution in [2.45, 2.75) is 11.4 Å². The molecule has 1 N–H and O–H groups in total. The van der Waals surface area contributed by atoms with Crippen molar-refractivity contribution >= 4 is 28.5 Å². The van der Waals surface area contributed by atoms with Crippen LogP contribution < -0.4 is 5.32 Å². The molecule has 0 saturated heterocycles. The zero-order valence-corrected chi connectivity index (χ0v) is 12.4. The summed E-state index contributed by atoms with van der Waals surface area (Å²) in [7, 11) is 2.06. The molecular weight excluding hydrogens is 266 g/mol. The Hall–Kier alpha value is -1.94. The van der Waals surface area contributed by atoms with Crippen molar-refractivity contribution in [2.24, 2.45) is 7.05 Å². The van der Waals surface area contributed by atoms with Gasteiger partial charge in [-0.25, -0.2) is 4.98 Å². The summed E-state index contributed by atoms with van der Waals surface area (Å²) in [5.41, 5.74) is 3.34. The van der Waals surface area contributed by atoms with Crippen LogP contribution in [-0.4, -0.2) is 15.8 Å². The number of imidazole rings is 1. The Balaban J connectivity index is 1.81. The molecule has 0 aliphatic heterocycles. The smallest absolute Gasteiger partial charge is 0.128 e. The maximum absolute atomic E-state index is 4.67. The van der Waals surface area contributed by atoms with Crippen molar-refractivity contribution < 1.29 is 0 Å². The van der Waals surface area contributed by atoms with E-state index in [0.29, 0.717) is 0 Å². The summed E-state index contributed by atoms with van der Waals surface area (Å²) in [5, 5.41) is 3.44. The van der Waals surface area contributed by atoms with E-state index in [2.05, 4.69) is 58.5 Å². The molecule has 0 atom stereocenters. The lowest BCUT2D eigenvalue weighted by Gasteiger charge is -2.07. The first-order valence-electron chi connectivity index (χ1n) is 6.56. The van der Waals surface area contributed by atoms with Gasteiger partial charge in [0.15, 0.2) is 0 Å². The van der Waals surface area contributed by atoms with Crippen LogP contribution in [0.3, 0.4) is 0 Å². The molecule has 0 unspecified atom stereocenters. The molecule has 1 heterocycles. The molecule has 0 spiro atoms. The van der Waals surface area contributed by atoms with Crippen molar-refractivity contribution in [3.63, 3.8) is 0 Å². The average molecular weight is 283 g/mol. The van der Waals surface area contributed by atoms with Crippen LogP contribution in [0.1, 0.15) is 5.82 Å². The number of rotatable bonds is 4. The third-order valence-corrected chi connectivity index (χ3v) is 4.13. The molecule has 4 heteroatoms. The maximum atomic E-state index is 4.67. The molecule has 0 saturated carbocycles. The predicted octanol–water partition coefficient (Wildman–Crippen LogP) is 3.91. The molecule has 3 nitrogen and oxygen atoms in total. The minimum atomic E-state index is 0.725. The fourth-order valence-corrected chi connectivity index (χ4v) is 2.73. The van der Waals surface area contributed by atoms with Crippen LogP contribution in [0.4, 0.5) is 5.69 Å². The highest BCUT2D eigenvalue weighted by Crippen LogP contribution is 2.20. The topological polar surface area (TPSA) is 29.9 Å². The summed E-state index contributed by atoms with van der Waals surface area (Å²) >= 11 is 1.75. The van der Waals surface area contributed by atoms with E-state index in [4.69, 9.17) is 0 Å². The number of fused-ring (bicyclic) bond motifs is 1. The van der Waals surface area contributed by atoms with Gasteiger partial charge in [0.2, 0.25) is 0 Å². The normalized spacial score (nSPS) is 10.9. The van der Waals surface area contributed by atoms with E-state index in [1.807, 2.05) is 18.2 Å². The number of hydrogen-bond donors (Lipinski definition) is 1. The van der Waals surface area contributed by atoms with Crippen molar-refractivity contribution in [2.75, 3.05) is 11.6 Å². The summed E-state index contributed by atoms with van der Waals surface area (Å²) in [6, 6.07) is 16.6. The minimum Gasteiger partial charge on any atom is -0.378 e. The number of benzene rings is 2. The molecule has 0 aliphatic carbocycles. The van der Waals surface area contributed by atoms with Gasteiger partial charge >= 0.3 is 0 Å². The quantitative estimate of drug-likeness (QED) is 0.736. The van der Waals surface area contributed by atoms with Gasteiger partial charge in [-0.05, 0) is 36.6 Å². The van der Waals surface area contributed by atoms with Crippen LogP contribution in [0.5, 0.6) is 0 Å². The van der Waals surface area contributed by atoms with Crippen LogP contribution in [0, 0.1) is 0 Å². The van der Waals surface area contributed by atoms with Crippen molar-refractivity contribution in [3.8, 4) is 0 Å². The van der Waals surface area contributed by atoms with Gasteiger partial charge < -0.3 is 9.88 Å². The van der Waals surface area contributed by atoms with Crippen LogP contribution >= 0.6 is 11.8 Å². The number of thioether (sulfide) groups is 1. The Morgan fingerprint density at radius 1 is 1.15 bits per heavy atom. The highest BCUT2D eigenvalue weighted by Gasteiger charge is 2.06. The number of hydrogen-bond acceptors (Lipinski definition) is 3. The zero-order valence-electron chi connectivity index (χ0n) is 11.6. The second kappa shape index (κ2) is 5.59. The molecule has 0 bridgehead atoms. The van der Waals surface area contributed by atoms with Gasteiger partial charge in [0.1, 0.15) is 5.82 Å². The van der Waals surface area contributed by atoms with Gasteiger partial charge in [-0.15, -0.1) is 11.8 Å². The van der Waals surface area contributed by atoms with Gasteiger partial charge in [0.05, 0.1) is 17.6 Å². The van der Waals surface area contributed by atoms with E-state index in [1.54, 1.807) is 11.8 Å². The fraction of sp³-hybridized carbons (Fsp3) is 0.188. The molecule has 2 aromatic carbocycles. The third kappa shape index (κ3) is 2.51. The number of aromatic nitrogens is 2. The molecular formula is C16H17N3S. The molecule has 102 valence electrons. The molecule has 0 radical (unpaired) electrons. The minimum absolute atomic E-state index is 0.725.